The van der Waals surface area contributed by atoms with Gasteiger partial charge in [-0.1, -0.05) is 37.6 Å². The van der Waals surface area contributed by atoms with Gasteiger partial charge in [0.25, 0.3) is 0 Å². The van der Waals surface area contributed by atoms with Gasteiger partial charge >= 0.3 is 0 Å². The van der Waals surface area contributed by atoms with E-state index in [1.807, 2.05) is 0 Å². The lowest BCUT2D eigenvalue weighted by molar-refractivity contribution is 0.591. The number of benzene rings is 1. The number of rotatable bonds is 4. The molecule has 0 atom stereocenters. The van der Waals surface area contributed by atoms with Crippen molar-refractivity contribution in [3.63, 3.8) is 0 Å². The van der Waals surface area contributed by atoms with E-state index in [4.69, 9.17) is 0 Å². The Morgan fingerprint density at radius 2 is 2.06 bits per heavy atom. The third-order valence-electron chi connectivity index (χ3n) is 2.83. The maximum atomic E-state index is 4.68. The van der Waals surface area contributed by atoms with Crippen molar-refractivity contribution in [2.45, 2.75) is 40.3 Å². The molecule has 1 aromatic carbocycles. The van der Waals surface area contributed by atoms with Gasteiger partial charge in [-0.05, 0) is 19.9 Å². The number of nitrogens with one attached hydrogen (secondary N) is 1. The Bertz CT molecular complexity index is 529. The zero-order valence-electron chi connectivity index (χ0n) is 11.4. The molecule has 2 rings (SSSR count). The van der Waals surface area contributed by atoms with Gasteiger partial charge in [-0.3, -0.25) is 0 Å². The fourth-order valence-corrected chi connectivity index (χ4v) is 2.80. The van der Waals surface area contributed by atoms with Gasteiger partial charge in [0.15, 0.2) is 0 Å². The van der Waals surface area contributed by atoms with Crippen LogP contribution in [-0.2, 0) is 6.54 Å². The second-order valence-corrected chi connectivity index (χ2v) is 6.02. The first kappa shape index (κ1) is 13.2. The van der Waals surface area contributed by atoms with E-state index in [1.54, 1.807) is 11.3 Å². The molecule has 0 aliphatic heterocycles. The quantitative estimate of drug-likeness (QED) is 0.901. The molecule has 96 valence electrons. The molecule has 0 saturated carbocycles. The minimum atomic E-state index is 0.508. The second kappa shape index (κ2) is 5.63. The van der Waals surface area contributed by atoms with Crippen LogP contribution in [0.2, 0.25) is 0 Å². The van der Waals surface area contributed by atoms with Crippen molar-refractivity contribution in [1.82, 2.24) is 10.3 Å². The van der Waals surface area contributed by atoms with Crippen molar-refractivity contribution in [2.75, 3.05) is 0 Å². The highest BCUT2D eigenvalue weighted by Crippen LogP contribution is 2.28. The number of aryl methyl sites for hydroxylation is 2. The summed E-state index contributed by atoms with van der Waals surface area (Å²) in [6.07, 6.45) is 0. The molecular weight excluding hydrogens is 240 g/mol. The molecule has 0 amide bonds. The van der Waals surface area contributed by atoms with Gasteiger partial charge in [-0.2, -0.15) is 0 Å². The third-order valence-corrected chi connectivity index (χ3v) is 4.04. The van der Waals surface area contributed by atoms with Crippen LogP contribution < -0.4 is 5.32 Å². The number of nitrogens with zero attached hydrogens (tertiary/aromatic N) is 1. The number of aromatic nitrogens is 1. The molecule has 0 fully saturated rings. The molecule has 0 aliphatic rings. The Morgan fingerprint density at radius 1 is 1.28 bits per heavy atom. The number of hydrogen-bond donors (Lipinski definition) is 1. The highest BCUT2D eigenvalue weighted by molar-refractivity contribution is 7.15. The molecule has 0 radical (unpaired) electrons. The standard InChI is InChI=1S/C15H20N2S/c1-10(2)16-9-14-12(4)17-15(18-14)13-7-5-6-11(3)8-13/h5-8,10,16H,9H2,1-4H3. The highest BCUT2D eigenvalue weighted by atomic mass is 32.1. The van der Waals surface area contributed by atoms with Crippen molar-refractivity contribution >= 4 is 11.3 Å². The van der Waals surface area contributed by atoms with E-state index < -0.39 is 0 Å². The molecule has 0 aliphatic carbocycles. The summed E-state index contributed by atoms with van der Waals surface area (Å²) in [6.45, 7) is 9.45. The highest BCUT2D eigenvalue weighted by Gasteiger charge is 2.09. The molecule has 0 bridgehead atoms. The lowest BCUT2D eigenvalue weighted by atomic mass is 10.1. The Morgan fingerprint density at radius 3 is 2.72 bits per heavy atom. The molecule has 3 heteroatoms. The molecule has 1 N–H and O–H groups in total. The van der Waals surface area contributed by atoms with Crippen molar-refractivity contribution in [3.8, 4) is 10.6 Å². The van der Waals surface area contributed by atoms with E-state index in [0.717, 1.165) is 17.2 Å². The molecule has 2 aromatic rings. The SMILES string of the molecule is Cc1cccc(-c2nc(C)c(CNC(C)C)s2)c1. The van der Waals surface area contributed by atoms with E-state index in [1.165, 1.54) is 16.0 Å². The zero-order chi connectivity index (χ0) is 13.1. The van der Waals surface area contributed by atoms with Crippen LogP contribution >= 0.6 is 11.3 Å². The predicted octanol–water partition coefficient (Wildman–Crippen LogP) is 3.92. The Balaban J connectivity index is 2.23. The predicted molar refractivity (Wildman–Crippen MR) is 79.0 cm³/mol. The first-order chi connectivity index (χ1) is 8.56. The average Bonchev–Trinajstić information content (AvgIpc) is 2.68. The van der Waals surface area contributed by atoms with Crippen LogP contribution in [-0.4, -0.2) is 11.0 Å². The van der Waals surface area contributed by atoms with Crippen molar-refractivity contribution in [3.05, 3.63) is 40.4 Å². The minimum absolute atomic E-state index is 0.508. The molecule has 2 nitrogen and oxygen atoms in total. The van der Waals surface area contributed by atoms with Crippen molar-refractivity contribution in [2.24, 2.45) is 0 Å². The van der Waals surface area contributed by atoms with Crippen LogP contribution in [0.4, 0.5) is 0 Å². The van der Waals surface area contributed by atoms with Gasteiger partial charge in [0, 0.05) is 23.0 Å². The maximum Gasteiger partial charge on any atom is 0.123 e. The van der Waals surface area contributed by atoms with Crippen LogP contribution in [0.5, 0.6) is 0 Å². The van der Waals surface area contributed by atoms with E-state index in [9.17, 15) is 0 Å². The average molecular weight is 260 g/mol. The molecule has 0 saturated heterocycles. The Labute approximate surface area is 113 Å². The first-order valence-electron chi connectivity index (χ1n) is 6.33. The normalized spacial score (nSPS) is 11.2. The molecule has 18 heavy (non-hydrogen) atoms. The molecule has 0 unspecified atom stereocenters. The summed E-state index contributed by atoms with van der Waals surface area (Å²) >= 11 is 1.79. The third kappa shape index (κ3) is 3.18. The van der Waals surface area contributed by atoms with Crippen LogP contribution in [0, 0.1) is 13.8 Å². The lowest BCUT2D eigenvalue weighted by Crippen LogP contribution is -2.21. The van der Waals surface area contributed by atoms with Crippen LogP contribution in [0.1, 0.15) is 30.0 Å². The summed E-state index contributed by atoms with van der Waals surface area (Å²) in [4.78, 5) is 6.01. The van der Waals surface area contributed by atoms with Crippen LogP contribution in [0.15, 0.2) is 24.3 Å². The molecule has 0 spiro atoms. The molecule has 1 aromatic heterocycles. The zero-order valence-corrected chi connectivity index (χ0v) is 12.3. The summed E-state index contributed by atoms with van der Waals surface area (Å²) < 4.78 is 0. The molecular formula is C15H20N2S. The van der Waals surface area contributed by atoms with Crippen molar-refractivity contribution in [1.29, 1.82) is 0 Å². The van der Waals surface area contributed by atoms with Gasteiger partial charge in [0.05, 0.1) is 5.69 Å². The fourth-order valence-electron chi connectivity index (χ4n) is 1.79. The summed E-state index contributed by atoms with van der Waals surface area (Å²) in [7, 11) is 0. The number of hydrogen-bond acceptors (Lipinski definition) is 3. The van der Waals surface area contributed by atoms with E-state index in [0.29, 0.717) is 6.04 Å². The maximum absolute atomic E-state index is 4.68. The van der Waals surface area contributed by atoms with E-state index in [-0.39, 0.29) is 0 Å². The summed E-state index contributed by atoms with van der Waals surface area (Å²) in [5, 5.41) is 4.57. The summed E-state index contributed by atoms with van der Waals surface area (Å²) in [5.74, 6) is 0. The van der Waals surface area contributed by atoms with E-state index in [2.05, 4.69) is 62.3 Å². The number of thiazole rings is 1. The Kier molecular flexibility index (Phi) is 4.15. The summed E-state index contributed by atoms with van der Waals surface area (Å²) in [5.41, 5.74) is 3.64. The van der Waals surface area contributed by atoms with Gasteiger partial charge < -0.3 is 5.32 Å². The molecule has 1 heterocycles. The topological polar surface area (TPSA) is 24.9 Å². The fraction of sp³-hybridized carbons (Fsp3) is 0.400. The first-order valence-corrected chi connectivity index (χ1v) is 7.14. The summed E-state index contributed by atoms with van der Waals surface area (Å²) in [6, 6.07) is 9.04. The Hall–Kier alpha value is -1.19. The largest absolute Gasteiger partial charge is 0.310 e. The monoisotopic (exact) mass is 260 g/mol. The second-order valence-electron chi connectivity index (χ2n) is 4.93. The van der Waals surface area contributed by atoms with Gasteiger partial charge in [-0.25, -0.2) is 4.98 Å². The van der Waals surface area contributed by atoms with E-state index >= 15 is 0 Å². The van der Waals surface area contributed by atoms with Crippen LogP contribution in [0.25, 0.3) is 10.6 Å². The lowest BCUT2D eigenvalue weighted by Gasteiger charge is -2.05. The van der Waals surface area contributed by atoms with Gasteiger partial charge in [0.1, 0.15) is 5.01 Å². The van der Waals surface area contributed by atoms with Crippen LogP contribution in [0.3, 0.4) is 0 Å². The smallest absolute Gasteiger partial charge is 0.123 e. The van der Waals surface area contributed by atoms with Crippen molar-refractivity contribution < 1.29 is 0 Å². The van der Waals surface area contributed by atoms with Gasteiger partial charge in [0.2, 0.25) is 0 Å². The van der Waals surface area contributed by atoms with Gasteiger partial charge in [-0.15, -0.1) is 11.3 Å². The minimum Gasteiger partial charge on any atom is -0.310 e.